The highest BCUT2D eigenvalue weighted by Gasteiger charge is 2.13. The Morgan fingerprint density at radius 3 is 2.58 bits per heavy atom. The van der Waals surface area contributed by atoms with E-state index in [0.717, 1.165) is 17.8 Å². The lowest BCUT2D eigenvalue weighted by Gasteiger charge is -2.10. The van der Waals surface area contributed by atoms with Crippen molar-refractivity contribution in [1.82, 2.24) is 19.7 Å². The zero-order valence-electron chi connectivity index (χ0n) is 17.6. The third-order valence-corrected chi connectivity index (χ3v) is 5.45. The molecule has 0 aliphatic carbocycles. The number of aromatic nitrogens is 4. The van der Waals surface area contributed by atoms with Crippen LogP contribution in [0.3, 0.4) is 0 Å². The second-order valence-electron chi connectivity index (χ2n) is 7.62. The molecule has 0 radical (unpaired) electrons. The summed E-state index contributed by atoms with van der Waals surface area (Å²) in [5.74, 6) is 0.819. The molecule has 4 aromatic rings. The number of amides is 1. The number of fused-ring (bicyclic) bond motifs is 1. The summed E-state index contributed by atoms with van der Waals surface area (Å²) in [6.07, 6.45) is 3.11. The summed E-state index contributed by atoms with van der Waals surface area (Å²) in [4.78, 5) is 32.2. The van der Waals surface area contributed by atoms with E-state index in [0.29, 0.717) is 29.2 Å². The monoisotopic (exact) mass is 415 g/mol. The van der Waals surface area contributed by atoms with Crippen molar-refractivity contribution in [3.63, 3.8) is 0 Å². The van der Waals surface area contributed by atoms with Gasteiger partial charge in [0, 0.05) is 18.5 Å². The van der Waals surface area contributed by atoms with E-state index >= 15 is 0 Å². The van der Waals surface area contributed by atoms with Crippen LogP contribution < -0.4 is 10.9 Å². The van der Waals surface area contributed by atoms with Gasteiger partial charge in [0.2, 0.25) is 5.91 Å². The molecule has 7 nitrogen and oxygen atoms in total. The van der Waals surface area contributed by atoms with Gasteiger partial charge in [-0.05, 0) is 42.2 Å². The zero-order valence-corrected chi connectivity index (χ0v) is 17.6. The van der Waals surface area contributed by atoms with E-state index in [-0.39, 0.29) is 17.9 Å². The molecule has 7 heteroatoms. The van der Waals surface area contributed by atoms with Gasteiger partial charge < -0.3 is 10.3 Å². The predicted octanol–water partition coefficient (Wildman–Crippen LogP) is 4.19. The van der Waals surface area contributed by atoms with E-state index in [1.54, 1.807) is 4.68 Å². The van der Waals surface area contributed by atoms with Crippen LogP contribution in [0.4, 0.5) is 5.69 Å². The maximum Gasteiger partial charge on any atom is 0.262 e. The first-order valence-corrected chi connectivity index (χ1v) is 10.5. The molecule has 0 fully saturated rings. The minimum absolute atomic E-state index is 0.129. The molecule has 2 heterocycles. The lowest BCUT2D eigenvalue weighted by molar-refractivity contribution is -0.116. The second kappa shape index (κ2) is 8.95. The number of carbonyl (C=O) groups excluding carboxylic acids is 1. The van der Waals surface area contributed by atoms with Gasteiger partial charge in [-0.3, -0.25) is 9.59 Å². The number of hydrogen-bond donors (Lipinski definition) is 2. The third kappa shape index (κ3) is 4.55. The molecule has 0 aliphatic rings. The van der Waals surface area contributed by atoms with Gasteiger partial charge >= 0.3 is 0 Å². The predicted molar refractivity (Wildman–Crippen MR) is 122 cm³/mol. The van der Waals surface area contributed by atoms with Gasteiger partial charge in [-0.1, -0.05) is 44.2 Å². The number of para-hydroxylation sites is 1. The summed E-state index contributed by atoms with van der Waals surface area (Å²) in [6.45, 7) is 4.34. The molecule has 0 aliphatic heterocycles. The van der Waals surface area contributed by atoms with Crippen LogP contribution in [0.2, 0.25) is 0 Å². The van der Waals surface area contributed by atoms with Crippen LogP contribution in [0.25, 0.3) is 16.7 Å². The smallest absolute Gasteiger partial charge is 0.262 e. The van der Waals surface area contributed by atoms with Crippen LogP contribution in [0.5, 0.6) is 0 Å². The van der Waals surface area contributed by atoms with Crippen molar-refractivity contribution in [2.75, 3.05) is 5.32 Å². The summed E-state index contributed by atoms with van der Waals surface area (Å²) in [5.41, 5.74) is 3.05. The Labute approximate surface area is 180 Å². The number of nitrogens with zero attached hydrogens (tertiary/aromatic N) is 3. The molecule has 1 atom stereocenters. The van der Waals surface area contributed by atoms with Crippen LogP contribution in [0.15, 0.2) is 65.6 Å². The number of H-pyrrole nitrogens is 1. The molecule has 1 unspecified atom stereocenters. The largest absolute Gasteiger partial charge is 0.326 e. The Balaban J connectivity index is 1.46. The number of carbonyl (C=O) groups is 1. The molecule has 0 spiro atoms. The zero-order chi connectivity index (χ0) is 21.8. The molecule has 1 amide bonds. The van der Waals surface area contributed by atoms with Gasteiger partial charge in [0.15, 0.2) is 5.65 Å². The third-order valence-electron chi connectivity index (χ3n) is 5.45. The van der Waals surface area contributed by atoms with Gasteiger partial charge in [-0.2, -0.15) is 5.10 Å². The molecule has 2 aromatic heterocycles. The van der Waals surface area contributed by atoms with Crippen molar-refractivity contribution in [2.24, 2.45) is 0 Å². The number of anilines is 1. The lowest BCUT2D eigenvalue weighted by atomic mass is 9.99. The molecule has 2 aromatic carbocycles. The van der Waals surface area contributed by atoms with Crippen molar-refractivity contribution in [2.45, 2.75) is 39.0 Å². The summed E-state index contributed by atoms with van der Waals surface area (Å²) < 4.78 is 1.63. The Hall–Kier alpha value is -3.74. The number of nitrogens with one attached hydrogen (secondary N) is 2. The lowest BCUT2D eigenvalue weighted by Crippen LogP contribution is -2.16. The number of rotatable bonds is 7. The van der Waals surface area contributed by atoms with Crippen molar-refractivity contribution in [3.05, 3.63) is 82.5 Å². The average Bonchev–Trinajstić information content (AvgIpc) is 3.23. The molecule has 0 saturated heterocycles. The summed E-state index contributed by atoms with van der Waals surface area (Å²) in [5, 5.41) is 7.62. The van der Waals surface area contributed by atoms with Gasteiger partial charge in [0.25, 0.3) is 5.56 Å². The van der Waals surface area contributed by atoms with E-state index in [9.17, 15) is 9.59 Å². The van der Waals surface area contributed by atoms with E-state index < -0.39 is 0 Å². The average molecular weight is 415 g/mol. The fourth-order valence-electron chi connectivity index (χ4n) is 3.43. The Morgan fingerprint density at radius 2 is 1.87 bits per heavy atom. The van der Waals surface area contributed by atoms with E-state index in [1.165, 1.54) is 11.8 Å². The molecular formula is C24H25N5O2. The van der Waals surface area contributed by atoms with Gasteiger partial charge in [0.1, 0.15) is 11.2 Å². The Kier molecular flexibility index (Phi) is 5.93. The second-order valence-corrected chi connectivity index (χ2v) is 7.62. The number of aryl methyl sites for hydroxylation is 1. The van der Waals surface area contributed by atoms with E-state index in [2.05, 4.69) is 34.2 Å². The first-order chi connectivity index (χ1) is 15.0. The maximum absolute atomic E-state index is 12.4. The fourth-order valence-corrected chi connectivity index (χ4v) is 3.43. The van der Waals surface area contributed by atoms with E-state index in [4.69, 9.17) is 0 Å². The number of benzene rings is 2. The number of aromatic amines is 1. The van der Waals surface area contributed by atoms with Crippen molar-refractivity contribution >= 4 is 22.6 Å². The Bertz CT molecular complexity index is 1240. The summed E-state index contributed by atoms with van der Waals surface area (Å²) in [7, 11) is 0. The van der Waals surface area contributed by atoms with Crippen LogP contribution >= 0.6 is 0 Å². The summed E-state index contributed by atoms with van der Waals surface area (Å²) >= 11 is 0. The highest BCUT2D eigenvalue weighted by atomic mass is 16.1. The molecule has 0 bridgehead atoms. The van der Waals surface area contributed by atoms with Gasteiger partial charge in [-0.15, -0.1) is 0 Å². The highest BCUT2D eigenvalue weighted by Crippen LogP contribution is 2.20. The molecule has 0 saturated carbocycles. The Morgan fingerprint density at radius 1 is 1.13 bits per heavy atom. The van der Waals surface area contributed by atoms with Crippen molar-refractivity contribution in [1.29, 1.82) is 0 Å². The van der Waals surface area contributed by atoms with Gasteiger partial charge in [-0.25, -0.2) is 9.67 Å². The topological polar surface area (TPSA) is 92.7 Å². The quantitative estimate of drug-likeness (QED) is 0.473. The standard InChI is InChI=1S/C24H25N5O2/c1-3-16(2)17-9-11-18(12-10-17)26-22(30)14-13-21-27-23-20(24(31)28-21)15-25-29(23)19-7-5-4-6-8-19/h4-12,15-16H,3,13-14H2,1-2H3,(H,26,30)(H,27,28,31). The van der Waals surface area contributed by atoms with Crippen LogP contribution in [0.1, 0.15) is 44.0 Å². The highest BCUT2D eigenvalue weighted by molar-refractivity contribution is 5.90. The number of hydrogen-bond acceptors (Lipinski definition) is 4. The van der Waals surface area contributed by atoms with Gasteiger partial charge in [0.05, 0.1) is 11.9 Å². The molecule has 158 valence electrons. The molecule has 4 rings (SSSR count). The molecule has 2 N–H and O–H groups in total. The normalized spacial score (nSPS) is 12.1. The fraction of sp³-hybridized carbons (Fsp3) is 0.250. The van der Waals surface area contributed by atoms with Crippen LogP contribution in [-0.4, -0.2) is 25.7 Å². The maximum atomic E-state index is 12.4. The first kappa shape index (κ1) is 20.5. The van der Waals surface area contributed by atoms with E-state index in [1.807, 2.05) is 54.6 Å². The van der Waals surface area contributed by atoms with Crippen molar-refractivity contribution in [3.8, 4) is 5.69 Å². The molecular weight excluding hydrogens is 390 g/mol. The van der Waals surface area contributed by atoms with Crippen LogP contribution in [-0.2, 0) is 11.2 Å². The molecule has 31 heavy (non-hydrogen) atoms. The minimum Gasteiger partial charge on any atom is -0.326 e. The van der Waals surface area contributed by atoms with Crippen molar-refractivity contribution < 1.29 is 4.79 Å². The SMILES string of the molecule is CCC(C)c1ccc(NC(=O)CCc2nc3c(cnn3-c3ccccc3)c(=O)[nH]2)cc1. The minimum atomic E-state index is -0.261. The first-order valence-electron chi connectivity index (χ1n) is 10.5. The van der Waals surface area contributed by atoms with Crippen LogP contribution in [0, 0.1) is 0 Å². The summed E-state index contributed by atoms with van der Waals surface area (Å²) in [6, 6.07) is 17.4.